The average molecular weight is 246 g/mol. The smallest absolute Gasteiger partial charge is 0.142 e. The molecule has 1 aromatic carbocycles. The zero-order valence-corrected chi connectivity index (χ0v) is 11.1. The van der Waals surface area contributed by atoms with E-state index in [-0.39, 0.29) is 0 Å². The van der Waals surface area contributed by atoms with E-state index in [0.29, 0.717) is 5.88 Å². The van der Waals surface area contributed by atoms with Crippen LogP contribution in [0.5, 0.6) is 5.75 Å². The van der Waals surface area contributed by atoms with Gasteiger partial charge >= 0.3 is 0 Å². The van der Waals surface area contributed by atoms with E-state index in [2.05, 4.69) is 12.6 Å². The van der Waals surface area contributed by atoms with E-state index in [9.17, 15) is 0 Å². The molecule has 0 saturated carbocycles. The van der Waals surface area contributed by atoms with Gasteiger partial charge in [0, 0.05) is 12.1 Å². The van der Waals surface area contributed by atoms with Gasteiger partial charge in [-0.1, -0.05) is 11.6 Å². The first-order valence-electron chi connectivity index (χ1n) is 4.68. The summed E-state index contributed by atoms with van der Waals surface area (Å²) < 4.78 is 5.35. The van der Waals surface area contributed by atoms with Gasteiger partial charge in [0.2, 0.25) is 0 Å². The molecular weight excluding hydrogens is 230 g/mol. The van der Waals surface area contributed by atoms with Crippen molar-refractivity contribution in [2.45, 2.75) is 13.8 Å². The summed E-state index contributed by atoms with van der Waals surface area (Å²) in [6, 6.07) is 1.95. The molecule has 0 saturated heterocycles. The molecule has 0 N–H and O–H groups in total. The number of ether oxygens (including phenoxy) is 1. The zero-order chi connectivity index (χ0) is 11.6. The second-order valence-electron chi connectivity index (χ2n) is 3.52. The Hall–Kier alpha value is -0.540. The van der Waals surface area contributed by atoms with Crippen molar-refractivity contribution < 1.29 is 4.74 Å². The third-order valence-corrected chi connectivity index (χ3v) is 3.43. The van der Waals surface area contributed by atoms with Crippen LogP contribution in [0.4, 0.5) is 5.69 Å². The predicted octanol–water partition coefficient (Wildman–Crippen LogP) is 3.29. The number of thiol groups is 1. The minimum Gasteiger partial charge on any atom is -0.495 e. The van der Waals surface area contributed by atoms with Crippen LogP contribution in [-0.4, -0.2) is 20.0 Å². The number of methoxy groups -OCH3 is 1. The minimum atomic E-state index is 0.622. The lowest BCUT2D eigenvalue weighted by Crippen LogP contribution is -2.17. The van der Waals surface area contributed by atoms with Gasteiger partial charge in [-0.2, -0.15) is 12.6 Å². The summed E-state index contributed by atoms with van der Waals surface area (Å²) in [5.41, 5.74) is 3.07. The number of hydrogen-bond acceptors (Lipinski definition) is 3. The molecule has 84 valence electrons. The van der Waals surface area contributed by atoms with E-state index in [1.54, 1.807) is 7.11 Å². The van der Waals surface area contributed by atoms with Gasteiger partial charge < -0.3 is 9.64 Å². The van der Waals surface area contributed by atoms with Gasteiger partial charge in [0.1, 0.15) is 5.75 Å². The summed E-state index contributed by atoms with van der Waals surface area (Å²) in [5.74, 6) is 1.46. The summed E-state index contributed by atoms with van der Waals surface area (Å²) in [4.78, 5) is 2.00. The van der Waals surface area contributed by atoms with Gasteiger partial charge in [-0.3, -0.25) is 0 Å². The van der Waals surface area contributed by atoms with Crippen LogP contribution in [0.2, 0.25) is 5.02 Å². The standard InChI is InChI=1S/C11H16ClNOS/c1-7-5-9(14-4)11(13(3)6-15)8(2)10(7)12/h5,15H,6H2,1-4H3. The quantitative estimate of drug-likeness (QED) is 0.648. The summed E-state index contributed by atoms with van der Waals surface area (Å²) in [5, 5.41) is 0.791. The summed E-state index contributed by atoms with van der Waals surface area (Å²) in [6.07, 6.45) is 0. The van der Waals surface area contributed by atoms with Crippen LogP contribution in [0, 0.1) is 13.8 Å². The average Bonchev–Trinajstić information content (AvgIpc) is 2.24. The van der Waals surface area contributed by atoms with E-state index >= 15 is 0 Å². The molecule has 15 heavy (non-hydrogen) atoms. The largest absolute Gasteiger partial charge is 0.495 e. The first kappa shape index (κ1) is 12.5. The molecular formula is C11H16ClNOS. The summed E-state index contributed by atoms with van der Waals surface area (Å²) >= 11 is 10.5. The molecule has 0 atom stereocenters. The fourth-order valence-electron chi connectivity index (χ4n) is 1.61. The topological polar surface area (TPSA) is 12.5 Å². The molecule has 0 unspecified atom stereocenters. The highest BCUT2D eigenvalue weighted by Gasteiger charge is 2.15. The van der Waals surface area contributed by atoms with Crippen LogP contribution in [0.15, 0.2) is 6.07 Å². The second-order valence-corrected chi connectivity index (χ2v) is 4.18. The van der Waals surface area contributed by atoms with Crippen molar-refractivity contribution >= 4 is 29.9 Å². The van der Waals surface area contributed by atoms with Gasteiger partial charge in [0.25, 0.3) is 0 Å². The molecule has 0 amide bonds. The molecule has 0 aromatic heterocycles. The Morgan fingerprint density at radius 1 is 1.47 bits per heavy atom. The van der Waals surface area contributed by atoms with Crippen LogP contribution in [0.25, 0.3) is 0 Å². The highest BCUT2D eigenvalue weighted by molar-refractivity contribution is 7.80. The maximum absolute atomic E-state index is 6.21. The van der Waals surface area contributed by atoms with E-state index in [4.69, 9.17) is 16.3 Å². The van der Waals surface area contributed by atoms with Crippen LogP contribution in [0.3, 0.4) is 0 Å². The number of hydrogen-bond donors (Lipinski definition) is 1. The van der Waals surface area contributed by atoms with Crippen LogP contribution >= 0.6 is 24.2 Å². The zero-order valence-electron chi connectivity index (χ0n) is 9.47. The van der Waals surface area contributed by atoms with Gasteiger partial charge in [-0.25, -0.2) is 0 Å². The van der Waals surface area contributed by atoms with Gasteiger partial charge in [0.15, 0.2) is 0 Å². The normalized spacial score (nSPS) is 10.3. The number of halogens is 1. The van der Waals surface area contributed by atoms with Crippen molar-refractivity contribution in [2.24, 2.45) is 0 Å². The number of nitrogens with zero attached hydrogens (tertiary/aromatic N) is 1. The van der Waals surface area contributed by atoms with Gasteiger partial charge in [-0.05, 0) is 31.0 Å². The number of benzene rings is 1. The minimum absolute atomic E-state index is 0.622. The third kappa shape index (κ3) is 2.34. The van der Waals surface area contributed by atoms with E-state index in [1.807, 2.05) is 31.9 Å². The lowest BCUT2D eigenvalue weighted by molar-refractivity contribution is 0.414. The molecule has 1 rings (SSSR count). The van der Waals surface area contributed by atoms with Crippen LogP contribution < -0.4 is 9.64 Å². The maximum Gasteiger partial charge on any atom is 0.142 e. The predicted molar refractivity (Wildman–Crippen MR) is 69.7 cm³/mol. The molecule has 0 radical (unpaired) electrons. The van der Waals surface area contributed by atoms with Crippen LogP contribution in [0.1, 0.15) is 11.1 Å². The first-order chi connectivity index (χ1) is 7.02. The lowest BCUT2D eigenvalue weighted by atomic mass is 10.1. The molecule has 0 spiro atoms. The molecule has 0 bridgehead atoms. The maximum atomic E-state index is 6.21. The second kappa shape index (κ2) is 4.99. The molecule has 0 heterocycles. The Balaban J connectivity index is 3.40. The Kier molecular flexibility index (Phi) is 4.17. The molecule has 0 fully saturated rings. The fraction of sp³-hybridized carbons (Fsp3) is 0.455. The van der Waals surface area contributed by atoms with Gasteiger partial charge in [0.05, 0.1) is 18.7 Å². The van der Waals surface area contributed by atoms with Crippen molar-refractivity contribution in [3.63, 3.8) is 0 Å². The van der Waals surface area contributed by atoms with Crippen LogP contribution in [-0.2, 0) is 0 Å². The molecule has 1 aromatic rings. The Morgan fingerprint density at radius 3 is 2.53 bits per heavy atom. The monoisotopic (exact) mass is 245 g/mol. The van der Waals surface area contributed by atoms with Crippen molar-refractivity contribution in [2.75, 3.05) is 24.9 Å². The molecule has 2 nitrogen and oxygen atoms in total. The highest BCUT2D eigenvalue weighted by Crippen LogP contribution is 2.37. The van der Waals surface area contributed by atoms with Crippen molar-refractivity contribution in [1.29, 1.82) is 0 Å². The van der Waals surface area contributed by atoms with E-state index in [0.717, 1.165) is 27.6 Å². The Bertz CT molecular complexity index is 368. The number of anilines is 1. The SMILES string of the molecule is COc1cc(C)c(Cl)c(C)c1N(C)CS. The van der Waals surface area contributed by atoms with E-state index < -0.39 is 0 Å². The van der Waals surface area contributed by atoms with Crippen molar-refractivity contribution in [3.8, 4) is 5.75 Å². The third-order valence-electron chi connectivity index (χ3n) is 2.43. The number of rotatable bonds is 3. The Labute approximate surface area is 102 Å². The summed E-state index contributed by atoms with van der Waals surface area (Å²) in [6.45, 7) is 3.97. The van der Waals surface area contributed by atoms with Gasteiger partial charge in [-0.15, -0.1) is 0 Å². The highest BCUT2D eigenvalue weighted by atomic mass is 35.5. The molecule has 4 heteroatoms. The summed E-state index contributed by atoms with van der Waals surface area (Å²) in [7, 11) is 3.63. The van der Waals surface area contributed by atoms with Crippen molar-refractivity contribution in [3.05, 3.63) is 22.2 Å². The number of aryl methyl sites for hydroxylation is 1. The molecule has 0 aliphatic carbocycles. The van der Waals surface area contributed by atoms with Crippen molar-refractivity contribution in [1.82, 2.24) is 0 Å². The molecule has 0 aliphatic heterocycles. The van der Waals surface area contributed by atoms with E-state index in [1.165, 1.54) is 0 Å². The Morgan fingerprint density at radius 2 is 2.07 bits per heavy atom. The first-order valence-corrected chi connectivity index (χ1v) is 5.69. The lowest BCUT2D eigenvalue weighted by Gasteiger charge is -2.23. The molecule has 0 aliphatic rings. The fourth-order valence-corrected chi connectivity index (χ4v) is 1.90.